The third kappa shape index (κ3) is 32.4. The van der Waals surface area contributed by atoms with Crippen LogP contribution in [0.3, 0.4) is 0 Å². The largest absolute Gasteiger partial charge is 0.0654 e. The van der Waals surface area contributed by atoms with Crippen molar-refractivity contribution in [3.63, 3.8) is 0 Å². The van der Waals surface area contributed by atoms with Gasteiger partial charge in [0.25, 0.3) is 0 Å². The lowest BCUT2D eigenvalue weighted by Gasteiger charge is -2.15. The summed E-state index contributed by atoms with van der Waals surface area (Å²) < 4.78 is 0. The summed E-state index contributed by atoms with van der Waals surface area (Å²) in [5, 5.41) is 0. The molecule has 0 aromatic carbocycles. The Kier molecular flexibility index (Phi) is 32.5. The summed E-state index contributed by atoms with van der Waals surface area (Å²) in [7, 11) is 0. The molecule has 0 nitrogen and oxygen atoms in total. The lowest BCUT2D eigenvalue weighted by Crippen LogP contribution is -2.00. The van der Waals surface area contributed by atoms with Gasteiger partial charge >= 0.3 is 0 Å². The molecule has 0 saturated heterocycles. The van der Waals surface area contributed by atoms with Gasteiger partial charge in [-0.05, 0) is 17.8 Å². The molecule has 236 valence electrons. The highest BCUT2D eigenvalue weighted by atomic mass is 14.1. The molecular formula is C39H80. The highest BCUT2D eigenvalue weighted by Gasteiger charge is 2.07. The number of hydrogen-bond donors (Lipinski definition) is 0. The zero-order valence-corrected chi connectivity index (χ0v) is 28.7. The summed E-state index contributed by atoms with van der Waals surface area (Å²) in [4.78, 5) is 0. The number of hydrogen-bond acceptors (Lipinski definition) is 0. The molecule has 0 aromatic rings. The number of unbranched alkanes of at least 4 members (excludes halogenated alkanes) is 21. The van der Waals surface area contributed by atoms with E-state index >= 15 is 0 Å². The van der Waals surface area contributed by atoms with E-state index in [1.165, 1.54) is 199 Å². The van der Waals surface area contributed by atoms with Crippen LogP contribution in [0.15, 0.2) is 0 Å². The first kappa shape index (κ1) is 39.0. The highest BCUT2D eigenvalue weighted by Crippen LogP contribution is 2.23. The minimum Gasteiger partial charge on any atom is -0.0654 e. The van der Waals surface area contributed by atoms with Crippen LogP contribution in [0.4, 0.5) is 0 Å². The van der Waals surface area contributed by atoms with Gasteiger partial charge in [0.2, 0.25) is 0 Å². The molecule has 0 aliphatic heterocycles. The van der Waals surface area contributed by atoms with E-state index in [-0.39, 0.29) is 0 Å². The fourth-order valence-corrected chi connectivity index (χ4v) is 6.55. The van der Waals surface area contributed by atoms with Gasteiger partial charge in [-0.2, -0.15) is 0 Å². The number of rotatable bonds is 33. The van der Waals surface area contributed by atoms with Gasteiger partial charge < -0.3 is 0 Å². The maximum absolute atomic E-state index is 2.51. The smallest absolute Gasteiger partial charge is 0.0443 e. The molecule has 0 radical (unpaired) electrons. The van der Waals surface area contributed by atoms with Crippen LogP contribution >= 0.6 is 0 Å². The summed E-state index contributed by atoms with van der Waals surface area (Å²) in [5.74, 6) is 2.86. The lowest BCUT2D eigenvalue weighted by atomic mass is 9.91. The normalized spacial score (nSPS) is 14.1. The Morgan fingerprint density at radius 3 is 0.667 bits per heavy atom. The fraction of sp³-hybridized carbons (Fsp3) is 1.00. The van der Waals surface area contributed by atoms with Crippen molar-refractivity contribution in [2.45, 2.75) is 234 Å². The van der Waals surface area contributed by atoms with E-state index in [2.05, 4.69) is 34.6 Å². The zero-order valence-electron chi connectivity index (χ0n) is 28.7. The van der Waals surface area contributed by atoms with Crippen molar-refractivity contribution >= 4 is 0 Å². The topological polar surface area (TPSA) is 0 Å². The molecule has 0 heteroatoms. The maximum Gasteiger partial charge on any atom is -0.0443 e. The monoisotopic (exact) mass is 549 g/mol. The van der Waals surface area contributed by atoms with Crippen molar-refractivity contribution < 1.29 is 0 Å². The molecular weight excluding hydrogens is 468 g/mol. The summed E-state index contributed by atoms with van der Waals surface area (Å²) in [6.45, 7) is 12.1. The van der Waals surface area contributed by atoms with Crippen molar-refractivity contribution in [3.05, 3.63) is 0 Å². The second-order valence-corrected chi connectivity index (χ2v) is 14.2. The minimum absolute atomic E-state index is 0.948. The standard InChI is InChI=1S/C39H80/c1-6-8-10-12-13-14-15-16-17-18-19-20-21-22-24-27-31-37(3)33-28-25-29-34-39(5)36-30-35-38(4)32-26-23-11-9-7-2/h37-39H,6-36H2,1-5H3. The summed E-state index contributed by atoms with van der Waals surface area (Å²) in [6, 6.07) is 0. The highest BCUT2D eigenvalue weighted by molar-refractivity contribution is 4.60. The first-order valence-corrected chi connectivity index (χ1v) is 19.1. The van der Waals surface area contributed by atoms with E-state index in [1.807, 2.05) is 0 Å². The molecule has 3 atom stereocenters. The molecule has 0 spiro atoms. The average Bonchev–Trinajstić information content (AvgIpc) is 2.92. The Labute approximate surface area is 251 Å². The molecule has 0 rings (SSSR count). The molecule has 0 heterocycles. The quantitative estimate of drug-likeness (QED) is 0.0715. The van der Waals surface area contributed by atoms with Crippen molar-refractivity contribution in [1.82, 2.24) is 0 Å². The van der Waals surface area contributed by atoms with E-state index < -0.39 is 0 Å². The van der Waals surface area contributed by atoms with Crippen molar-refractivity contribution in [2.24, 2.45) is 17.8 Å². The van der Waals surface area contributed by atoms with Crippen LogP contribution in [-0.2, 0) is 0 Å². The zero-order chi connectivity index (χ0) is 28.7. The first-order valence-electron chi connectivity index (χ1n) is 19.1. The fourth-order valence-electron chi connectivity index (χ4n) is 6.55. The van der Waals surface area contributed by atoms with Crippen molar-refractivity contribution in [2.75, 3.05) is 0 Å². The van der Waals surface area contributed by atoms with Crippen LogP contribution in [0.25, 0.3) is 0 Å². The summed E-state index contributed by atoms with van der Waals surface area (Å²) in [5.41, 5.74) is 0. The third-order valence-corrected chi connectivity index (χ3v) is 9.64. The molecule has 0 amide bonds. The maximum atomic E-state index is 2.51. The Bertz CT molecular complexity index is 426. The molecule has 0 aromatic heterocycles. The van der Waals surface area contributed by atoms with E-state index in [4.69, 9.17) is 0 Å². The molecule has 0 aliphatic rings. The third-order valence-electron chi connectivity index (χ3n) is 9.64. The predicted molar refractivity (Wildman–Crippen MR) is 182 cm³/mol. The van der Waals surface area contributed by atoms with Crippen LogP contribution in [0.2, 0.25) is 0 Å². The second kappa shape index (κ2) is 32.5. The van der Waals surface area contributed by atoms with E-state index in [9.17, 15) is 0 Å². The lowest BCUT2D eigenvalue weighted by molar-refractivity contribution is 0.385. The molecule has 0 aliphatic carbocycles. The van der Waals surface area contributed by atoms with Gasteiger partial charge in [0.1, 0.15) is 0 Å². The first-order chi connectivity index (χ1) is 19.1. The molecule has 0 saturated carbocycles. The Morgan fingerprint density at radius 2 is 0.410 bits per heavy atom. The van der Waals surface area contributed by atoms with Crippen molar-refractivity contribution in [1.29, 1.82) is 0 Å². The van der Waals surface area contributed by atoms with Crippen LogP contribution in [0.5, 0.6) is 0 Å². The average molecular weight is 549 g/mol. The second-order valence-electron chi connectivity index (χ2n) is 14.2. The predicted octanol–water partition coefficient (Wildman–Crippen LogP) is 15.0. The molecule has 0 fully saturated rings. The molecule has 3 unspecified atom stereocenters. The van der Waals surface area contributed by atoms with Crippen LogP contribution in [-0.4, -0.2) is 0 Å². The molecule has 0 N–H and O–H groups in total. The molecule has 0 bridgehead atoms. The Hall–Kier alpha value is 0. The molecule has 39 heavy (non-hydrogen) atoms. The van der Waals surface area contributed by atoms with Gasteiger partial charge in [0.15, 0.2) is 0 Å². The van der Waals surface area contributed by atoms with Gasteiger partial charge in [0, 0.05) is 0 Å². The van der Waals surface area contributed by atoms with Crippen LogP contribution < -0.4 is 0 Å². The summed E-state index contributed by atoms with van der Waals surface area (Å²) in [6.07, 6.45) is 45.5. The van der Waals surface area contributed by atoms with Gasteiger partial charge in [-0.15, -0.1) is 0 Å². The SMILES string of the molecule is CCCCCCCCCCCCCCCCCCC(C)CCCCCC(C)CCCC(C)CCCCCCC. The van der Waals surface area contributed by atoms with E-state index in [1.54, 1.807) is 0 Å². The van der Waals surface area contributed by atoms with Crippen LogP contribution in [0.1, 0.15) is 234 Å². The van der Waals surface area contributed by atoms with Gasteiger partial charge in [0.05, 0.1) is 0 Å². The van der Waals surface area contributed by atoms with Gasteiger partial charge in [-0.1, -0.05) is 234 Å². The Morgan fingerprint density at radius 1 is 0.231 bits per heavy atom. The summed E-state index contributed by atoms with van der Waals surface area (Å²) >= 11 is 0. The van der Waals surface area contributed by atoms with E-state index in [0.29, 0.717) is 0 Å². The van der Waals surface area contributed by atoms with E-state index in [0.717, 1.165) is 17.8 Å². The minimum atomic E-state index is 0.948. The van der Waals surface area contributed by atoms with Gasteiger partial charge in [-0.3, -0.25) is 0 Å². The van der Waals surface area contributed by atoms with Crippen molar-refractivity contribution in [3.8, 4) is 0 Å². The van der Waals surface area contributed by atoms with Crippen LogP contribution in [0, 0.1) is 17.8 Å². The van der Waals surface area contributed by atoms with Gasteiger partial charge in [-0.25, -0.2) is 0 Å². The Balaban J connectivity index is 3.31.